The van der Waals surface area contributed by atoms with Gasteiger partial charge in [0.15, 0.2) is 11.5 Å². The highest BCUT2D eigenvalue weighted by Crippen LogP contribution is 2.48. The van der Waals surface area contributed by atoms with Gasteiger partial charge in [-0.25, -0.2) is 0 Å². The van der Waals surface area contributed by atoms with Crippen LogP contribution >= 0.6 is 23.2 Å². The van der Waals surface area contributed by atoms with Crippen molar-refractivity contribution in [1.29, 1.82) is 0 Å². The van der Waals surface area contributed by atoms with E-state index < -0.39 is 11.9 Å². The van der Waals surface area contributed by atoms with Gasteiger partial charge in [0.25, 0.3) is 0 Å². The summed E-state index contributed by atoms with van der Waals surface area (Å²) in [4.78, 5) is 47.4. The van der Waals surface area contributed by atoms with Crippen LogP contribution in [-0.2, 0) is 63.8 Å². The number of rotatable bonds is 14. The highest BCUT2D eigenvalue weighted by molar-refractivity contribution is 6.35. The van der Waals surface area contributed by atoms with Crippen LogP contribution < -0.4 is 4.74 Å². The van der Waals surface area contributed by atoms with Crippen molar-refractivity contribution in [2.24, 2.45) is 0 Å². The van der Waals surface area contributed by atoms with Gasteiger partial charge < -0.3 is 23.7 Å². The molecule has 0 aliphatic carbocycles. The molecule has 0 radical (unpaired) electrons. The van der Waals surface area contributed by atoms with E-state index in [-0.39, 0.29) is 38.4 Å². The predicted octanol–water partition coefficient (Wildman–Crippen LogP) is 9.82. The standard InChI is InChI=1S/C44H40Cl2O9/c1-25(47)51-21-17-33-29-9-5-7-11-31(29)37(19-23-53-27(3)49)41-35(33)13-15-39(45)43(41)55-44-40(46)16-14-36-34(18-22-52-26(2)48)30-10-6-8-12-32(30)38(42(36)44)20-24-54-28(4)50/h5-16H,17-24H2,1-4H3. The van der Waals surface area contributed by atoms with Gasteiger partial charge in [-0.1, -0.05) is 83.9 Å². The van der Waals surface area contributed by atoms with Crippen LogP contribution in [0.1, 0.15) is 49.9 Å². The van der Waals surface area contributed by atoms with Crippen LogP contribution in [0.5, 0.6) is 11.5 Å². The number of carbonyl (C=O) groups is 4. The van der Waals surface area contributed by atoms with E-state index in [1.54, 1.807) is 12.1 Å². The van der Waals surface area contributed by atoms with E-state index in [4.69, 9.17) is 46.9 Å². The Kier molecular flexibility index (Phi) is 12.4. The Balaban J connectivity index is 1.66. The monoisotopic (exact) mass is 782 g/mol. The molecular weight excluding hydrogens is 743 g/mol. The Morgan fingerprint density at radius 2 is 0.709 bits per heavy atom. The van der Waals surface area contributed by atoms with Crippen LogP contribution in [0.3, 0.4) is 0 Å². The molecule has 0 saturated heterocycles. The van der Waals surface area contributed by atoms with E-state index in [2.05, 4.69) is 0 Å². The fraction of sp³-hybridized carbons (Fsp3) is 0.273. The van der Waals surface area contributed by atoms with Crippen molar-refractivity contribution in [3.05, 3.63) is 105 Å². The minimum Gasteiger partial charge on any atom is -0.466 e. The average Bonchev–Trinajstić information content (AvgIpc) is 3.14. The van der Waals surface area contributed by atoms with Crippen LogP contribution in [0.15, 0.2) is 72.8 Å². The van der Waals surface area contributed by atoms with Crippen LogP contribution in [0.25, 0.3) is 43.1 Å². The molecular formula is C44H40Cl2O9. The average molecular weight is 784 g/mol. The fourth-order valence-electron chi connectivity index (χ4n) is 7.34. The maximum Gasteiger partial charge on any atom is 0.302 e. The Morgan fingerprint density at radius 3 is 1.02 bits per heavy atom. The molecule has 0 bridgehead atoms. The molecule has 6 aromatic carbocycles. The molecule has 6 aromatic rings. The number of carbonyl (C=O) groups excluding carboxylic acids is 4. The minimum absolute atomic E-state index is 0.111. The van der Waals surface area contributed by atoms with E-state index >= 15 is 0 Å². The molecule has 0 amide bonds. The highest BCUT2D eigenvalue weighted by Gasteiger charge is 2.25. The number of fused-ring (bicyclic) bond motifs is 4. The van der Waals surface area contributed by atoms with E-state index in [0.717, 1.165) is 54.6 Å². The Morgan fingerprint density at radius 1 is 0.418 bits per heavy atom. The molecule has 9 nitrogen and oxygen atoms in total. The lowest BCUT2D eigenvalue weighted by molar-refractivity contribution is -0.141. The summed E-state index contributed by atoms with van der Waals surface area (Å²) in [6, 6.07) is 23.2. The van der Waals surface area contributed by atoms with Crippen LogP contribution in [0.4, 0.5) is 0 Å². The maximum absolute atomic E-state index is 11.9. The number of hydrogen-bond acceptors (Lipinski definition) is 9. The third kappa shape index (κ3) is 8.64. The van der Waals surface area contributed by atoms with Gasteiger partial charge in [0, 0.05) is 64.2 Å². The molecule has 0 unspecified atom stereocenters. The summed E-state index contributed by atoms with van der Waals surface area (Å²) >= 11 is 14.2. The van der Waals surface area contributed by atoms with Crippen molar-refractivity contribution in [1.82, 2.24) is 0 Å². The van der Waals surface area contributed by atoms with Gasteiger partial charge in [-0.3, -0.25) is 19.2 Å². The second-order valence-corrected chi connectivity index (χ2v) is 13.9. The molecule has 6 rings (SSSR count). The largest absolute Gasteiger partial charge is 0.466 e. The van der Waals surface area contributed by atoms with E-state index in [9.17, 15) is 19.2 Å². The number of ether oxygens (including phenoxy) is 5. The zero-order chi connectivity index (χ0) is 39.2. The third-order valence-electron chi connectivity index (χ3n) is 9.46. The number of halogens is 2. The van der Waals surface area contributed by atoms with Gasteiger partial charge in [-0.15, -0.1) is 0 Å². The summed E-state index contributed by atoms with van der Waals surface area (Å²) in [5.74, 6) is -0.886. The molecule has 284 valence electrons. The van der Waals surface area contributed by atoms with Gasteiger partial charge in [-0.05, 0) is 66.7 Å². The smallest absolute Gasteiger partial charge is 0.302 e. The molecule has 0 atom stereocenters. The summed E-state index contributed by atoms with van der Waals surface area (Å²) in [6.45, 7) is 6.02. The molecule has 11 heteroatoms. The fourth-order valence-corrected chi connectivity index (χ4v) is 7.73. The summed E-state index contributed by atoms with van der Waals surface area (Å²) in [7, 11) is 0. The van der Waals surface area contributed by atoms with Crippen molar-refractivity contribution in [2.45, 2.75) is 53.4 Å². The Labute approximate surface area is 328 Å². The first-order chi connectivity index (χ1) is 26.5. The van der Waals surface area contributed by atoms with Crippen molar-refractivity contribution in [3.8, 4) is 11.5 Å². The van der Waals surface area contributed by atoms with Gasteiger partial charge in [-0.2, -0.15) is 0 Å². The first-order valence-corrected chi connectivity index (χ1v) is 18.7. The highest BCUT2D eigenvalue weighted by atomic mass is 35.5. The van der Waals surface area contributed by atoms with E-state index in [1.165, 1.54) is 27.7 Å². The first-order valence-electron chi connectivity index (χ1n) is 18.0. The second kappa shape index (κ2) is 17.4. The molecule has 0 aromatic heterocycles. The molecule has 0 spiro atoms. The van der Waals surface area contributed by atoms with Crippen molar-refractivity contribution >= 4 is 90.2 Å². The summed E-state index contributed by atoms with van der Waals surface area (Å²) in [6.07, 6.45) is 1.52. The lowest BCUT2D eigenvalue weighted by Gasteiger charge is -2.23. The normalized spacial score (nSPS) is 11.2. The van der Waals surface area contributed by atoms with Crippen LogP contribution in [0.2, 0.25) is 10.0 Å². The summed E-state index contributed by atoms with van der Waals surface area (Å²) in [5, 5.41) is 7.36. The zero-order valence-electron chi connectivity index (χ0n) is 31.0. The van der Waals surface area contributed by atoms with Gasteiger partial charge >= 0.3 is 23.9 Å². The van der Waals surface area contributed by atoms with Gasteiger partial charge in [0.2, 0.25) is 0 Å². The Bertz CT molecular complexity index is 2300. The number of benzene rings is 6. The predicted molar refractivity (Wildman–Crippen MR) is 214 cm³/mol. The van der Waals surface area contributed by atoms with Crippen molar-refractivity contribution in [3.63, 3.8) is 0 Å². The molecule has 0 saturated carbocycles. The molecule has 0 fully saturated rings. The van der Waals surface area contributed by atoms with E-state index in [1.807, 2.05) is 60.7 Å². The van der Waals surface area contributed by atoms with Gasteiger partial charge in [0.1, 0.15) is 0 Å². The van der Waals surface area contributed by atoms with Gasteiger partial charge in [0.05, 0.1) is 36.5 Å². The molecule has 0 aliphatic heterocycles. The van der Waals surface area contributed by atoms with Crippen LogP contribution in [0, 0.1) is 0 Å². The molecule has 0 N–H and O–H groups in total. The number of hydrogen-bond donors (Lipinski definition) is 0. The maximum atomic E-state index is 11.9. The number of esters is 4. The first kappa shape index (κ1) is 39.3. The SMILES string of the molecule is CC(=O)OCCc1c2ccccc2c(CCOC(C)=O)c2c(Oc3c(Cl)ccc4c(CCOC(C)=O)c5ccccc5c(CCOC(C)=O)c34)c(Cl)ccc12. The quantitative estimate of drug-likeness (QED) is 0.0605. The molecule has 0 aliphatic rings. The molecule has 0 heterocycles. The Hall–Kier alpha value is -5.38. The zero-order valence-corrected chi connectivity index (χ0v) is 32.5. The third-order valence-corrected chi connectivity index (χ3v) is 10.1. The summed E-state index contributed by atoms with van der Waals surface area (Å²) in [5.41, 5.74) is 3.54. The lowest BCUT2D eigenvalue weighted by atomic mass is 9.88. The minimum atomic E-state index is -0.401. The summed E-state index contributed by atoms with van der Waals surface area (Å²) < 4.78 is 28.7. The van der Waals surface area contributed by atoms with Crippen molar-refractivity contribution in [2.75, 3.05) is 26.4 Å². The lowest BCUT2D eigenvalue weighted by Crippen LogP contribution is -2.08. The van der Waals surface area contributed by atoms with Crippen LogP contribution in [-0.4, -0.2) is 50.3 Å². The second-order valence-electron chi connectivity index (χ2n) is 13.1. The topological polar surface area (TPSA) is 114 Å². The molecule has 55 heavy (non-hydrogen) atoms. The van der Waals surface area contributed by atoms with Crippen molar-refractivity contribution < 1.29 is 42.9 Å². The van der Waals surface area contributed by atoms with E-state index in [0.29, 0.717) is 58.0 Å².